The third kappa shape index (κ3) is 12.2. The SMILES string of the molecule is C1=Cc2ccccc2C1.C1=Cc2ccccc2C1.C=Cc1ccccc1.C=Cc1ccccc1.CC.CC. The van der Waals surface area contributed by atoms with Crippen LogP contribution in [0.4, 0.5) is 0 Å². The van der Waals surface area contributed by atoms with Crippen LogP contribution in [0, 0.1) is 0 Å². The summed E-state index contributed by atoms with van der Waals surface area (Å²) < 4.78 is 0. The molecule has 0 spiro atoms. The topological polar surface area (TPSA) is 0 Å². The Hall–Kier alpha value is -4.16. The van der Waals surface area contributed by atoms with E-state index in [1.807, 2.05) is 101 Å². The Morgan fingerprint density at radius 1 is 0.447 bits per heavy atom. The van der Waals surface area contributed by atoms with Crippen LogP contribution in [-0.2, 0) is 12.8 Å². The van der Waals surface area contributed by atoms with Crippen molar-refractivity contribution in [1.29, 1.82) is 0 Å². The van der Waals surface area contributed by atoms with E-state index in [-0.39, 0.29) is 0 Å². The predicted octanol–water partition coefficient (Wildman–Crippen LogP) is 11.2. The van der Waals surface area contributed by atoms with Gasteiger partial charge in [0.05, 0.1) is 0 Å². The van der Waals surface area contributed by atoms with Gasteiger partial charge in [0.1, 0.15) is 0 Å². The molecule has 2 aliphatic carbocycles. The van der Waals surface area contributed by atoms with Crippen molar-refractivity contribution in [2.45, 2.75) is 40.5 Å². The van der Waals surface area contributed by atoms with Crippen LogP contribution in [0.2, 0.25) is 0 Å². The molecule has 0 saturated heterocycles. The third-order valence-corrected chi connectivity index (χ3v) is 5.45. The van der Waals surface area contributed by atoms with Crippen molar-refractivity contribution >= 4 is 24.3 Å². The van der Waals surface area contributed by atoms with E-state index in [4.69, 9.17) is 0 Å². The van der Waals surface area contributed by atoms with Crippen molar-refractivity contribution < 1.29 is 0 Å². The van der Waals surface area contributed by atoms with Gasteiger partial charge in [0, 0.05) is 0 Å². The van der Waals surface area contributed by atoms with Crippen molar-refractivity contribution in [3.05, 3.63) is 168 Å². The van der Waals surface area contributed by atoms with Gasteiger partial charge in [-0.25, -0.2) is 0 Å². The first-order valence-electron chi connectivity index (χ1n) is 13.6. The Morgan fingerprint density at radius 2 is 0.763 bits per heavy atom. The van der Waals surface area contributed by atoms with E-state index in [0.29, 0.717) is 0 Å². The maximum absolute atomic E-state index is 3.63. The van der Waals surface area contributed by atoms with Crippen molar-refractivity contribution in [2.24, 2.45) is 0 Å². The Bertz CT molecular complexity index is 1110. The molecule has 0 heteroatoms. The molecule has 6 rings (SSSR count). The Balaban J connectivity index is 0.000000243. The van der Waals surface area contributed by atoms with E-state index in [9.17, 15) is 0 Å². The summed E-state index contributed by atoms with van der Waals surface area (Å²) in [4.78, 5) is 0. The molecule has 0 fully saturated rings. The average Bonchev–Trinajstić information content (AvgIpc) is 3.71. The number of allylic oxidation sites excluding steroid dienone is 2. The maximum Gasteiger partial charge on any atom is -0.00882 e. The van der Waals surface area contributed by atoms with E-state index in [0.717, 1.165) is 12.8 Å². The summed E-state index contributed by atoms with van der Waals surface area (Å²) in [7, 11) is 0. The second-order valence-electron chi connectivity index (χ2n) is 7.84. The molecule has 0 aromatic heterocycles. The van der Waals surface area contributed by atoms with Gasteiger partial charge < -0.3 is 0 Å². The van der Waals surface area contributed by atoms with Crippen molar-refractivity contribution in [1.82, 2.24) is 0 Å². The lowest BCUT2D eigenvalue weighted by atomic mass is 10.1. The minimum Gasteiger partial charge on any atom is -0.0985 e. The summed E-state index contributed by atoms with van der Waals surface area (Å²) in [6, 6.07) is 37.0. The monoisotopic (exact) mass is 500 g/mol. The quantitative estimate of drug-likeness (QED) is 0.257. The second kappa shape index (κ2) is 21.0. The first-order chi connectivity index (χ1) is 18.8. The minimum absolute atomic E-state index is 1.12. The number of fused-ring (bicyclic) bond motifs is 2. The lowest BCUT2D eigenvalue weighted by molar-refractivity contribution is 1.31. The molecule has 38 heavy (non-hydrogen) atoms. The van der Waals surface area contributed by atoms with Crippen LogP contribution in [0.15, 0.2) is 135 Å². The molecular weight excluding hydrogens is 456 g/mol. The van der Waals surface area contributed by atoms with Gasteiger partial charge in [-0.15, -0.1) is 0 Å². The standard InChI is InChI=1S/2C9H8.2C8H8.2C2H6/c2*1-2-5-9-7-3-6-8(9)4-1;2*1-2-8-6-4-3-5-7-8;2*1-2/h2*1-6H,7H2;2*2-7H,1H2;2*1-2H3. The fourth-order valence-corrected chi connectivity index (χ4v) is 3.57. The highest BCUT2D eigenvalue weighted by atomic mass is 14.1. The number of hydrogen-bond acceptors (Lipinski definition) is 0. The van der Waals surface area contributed by atoms with E-state index < -0.39 is 0 Å². The van der Waals surface area contributed by atoms with E-state index in [1.54, 1.807) is 0 Å². The third-order valence-electron chi connectivity index (χ3n) is 5.45. The second-order valence-corrected chi connectivity index (χ2v) is 7.84. The first-order valence-corrected chi connectivity index (χ1v) is 13.6. The summed E-state index contributed by atoms with van der Waals surface area (Å²) in [5.41, 5.74) is 8.03. The molecule has 0 saturated carbocycles. The highest BCUT2D eigenvalue weighted by molar-refractivity contribution is 5.60. The Labute approximate surface area is 232 Å². The highest BCUT2D eigenvalue weighted by Crippen LogP contribution is 2.18. The zero-order valence-electron chi connectivity index (χ0n) is 23.7. The molecule has 0 atom stereocenters. The molecule has 4 aromatic carbocycles. The number of rotatable bonds is 2. The Kier molecular flexibility index (Phi) is 17.6. The van der Waals surface area contributed by atoms with Crippen LogP contribution in [0.25, 0.3) is 24.3 Å². The number of hydrogen-bond donors (Lipinski definition) is 0. The van der Waals surface area contributed by atoms with Gasteiger partial charge in [-0.05, 0) is 46.2 Å². The molecular formula is C38H44. The van der Waals surface area contributed by atoms with Crippen molar-refractivity contribution in [3.8, 4) is 0 Å². The van der Waals surface area contributed by atoms with Crippen LogP contribution >= 0.6 is 0 Å². The molecule has 196 valence electrons. The van der Waals surface area contributed by atoms with Crippen LogP contribution in [0.5, 0.6) is 0 Å². The van der Waals surface area contributed by atoms with Gasteiger partial charge in [-0.1, -0.05) is 187 Å². The maximum atomic E-state index is 3.63. The molecule has 0 aliphatic heterocycles. The van der Waals surface area contributed by atoms with Crippen LogP contribution in [0.3, 0.4) is 0 Å². The normalized spacial score (nSPS) is 10.4. The van der Waals surface area contributed by atoms with Crippen LogP contribution in [0.1, 0.15) is 61.1 Å². The summed E-state index contributed by atoms with van der Waals surface area (Å²) in [6.45, 7) is 15.3. The van der Waals surface area contributed by atoms with Crippen LogP contribution < -0.4 is 0 Å². The predicted molar refractivity (Wildman–Crippen MR) is 174 cm³/mol. The molecule has 0 amide bonds. The fourth-order valence-electron chi connectivity index (χ4n) is 3.57. The van der Waals surface area contributed by atoms with Crippen molar-refractivity contribution in [3.63, 3.8) is 0 Å². The highest BCUT2D eigenvalue weighted by Gasteiger charge is 2.01. The van der Waals surface area contributed by atoms with Gasteiger partial charge in [-0.3, -0.25) is 0 Å². The fraction of sp³-hybridized carbons (Fsp3) is 0.158. The summed E-state index contributed by atoms with van der Waals surface area (Å²) in [6.07, 6.45) is 14.7. The van der Waals surface area contributed by atoms with Crippen LogP contribution in [-0.4, -0.2) is 0 Å². The van der Waals surface area contributed by atoms with Gasteiger partial charge in [0.2, 0.25) is 0 Å². The molecule has 0 N–H and O–H groups in total. The Morgan fingerprint density at radius 3 is 1.05 bits per heavy atom. The molecule has 0 heterocycles. The summed E-state index contributed by atoms with van der Waals surface area (Å²) in [5, 5.41) is 0. The van der Waals surface area contributed by atoms with E-state index in [2.05, 4.69) is 86.0 Å². The summed E-state index contributed by atoms with van der Waals surface area (Å²) >= 11 is 0. The molecule has 0 bridgehead atoms. The molecule has 2 aliphatic rings. The smallest absolute Gasteiger partial charge is 0.00882 e. The lowest BCUT2D eigenvalue weighted by Gasteiger charge is -1.93. The largest absolute Gasteiger partial charge is 0.0985 e. The first kappa shape index (κ1) is 31.9. The molecule has 0 unspecified atom stereocenters. The van der Waals surface area contributed by atoms with Gasteiger partial charge in [-0.2, -0.15) is 0 Å². The average molecular weight is 501 g/mol. The summed E-state index contributed by atoms with van der Waals surface area (Å²) in [5.74, 6) is 0. The van der Waals surface area contributed by atoms with E-state index >= 15 is 0 Å². The zero-order chi connectivity index (χ0) is 27.8. The molecule has 4 aromatic rings. The van der Waals surface area contributed by atoms with Gasteiger partial charge in [0.25, 0.3) is 0 Å². The van der Waals surface area contributed by atoms with Gasteiger partial charge >= 0.3 is 0 Å². The zero-order valence-corrected chi connectivity index (χ0v) is 23.7. The van der Waals surface area contributed by atoms with Gasteiger partial charge in [0.15, 0.2) is 0 Å². The minimum atomic E-state index is 1.12. The number of benzene rings is 4. The van der Waals surface area contributed by atoms with Crippen molar-refractivity contribution in [2.75, 3.05) is 0 Å². The lowest BCUT2D eigenvalue weighted by Crippen LogP contribution is -1.76. The van der Waals surface area contributed by atoms with E-state index in [1.165, 1.54) is 33.4 Å². The molecule has 0 nitrogen and oxygen atoms in total. The molecule has 0 radical (unpaired) electrons.